The second-order valence-corrected chi connectivity index (χ2v) is 4.22. The number of pyridine rings is 1. The Bertz CT molecular complexity index is 453. The molecule has 0 radical (unpaired) electrons. The summed E-state index contributed by atoms with van der Waals surface area (Å²) in [6.45, 7) is 1.46. The van der Waals surface area contributed by atoms with Gasteiger partial charge in [-0.05, 0) is 24.6 Å². The van der Waals surface area contributed by atoms with Crippen LogP contribution >= 0.6 is 0 Å². The van der Waals surface area contributed by atoms with Crippen LogP contribution in [0.15, 0.2) is 24.4 Å². The SMILES string of the molecule is CN(c1ncccc1/C=C/C(=O)O)C1CCOC1. The first-order valence-electron chi connectivity index (χ1n) is 5.85. The Morgan fingerprint density at radius 1 is 1.67 bits per heavy atom. The van der Waals surface area contributed by atoms with Crippen molar-refractivity contribution in [2.45, 2.75) is 12.5 Å². The van der Waals surface area contributed by atoms with Crippen molar-refractivity contribution in [3.63, 3.8) is 0 Å². The number of nitrogens with zero attached hydrogens (tertiary/aromatic N) is 2. The lowest BCUT2D eigenvalue weighted by Gasteiger charge is -2.25. The summed E-state index contributed by atoms with van der Waals surface area (Å²) in [7, 11) is 1.96. The van der Waals surface area contributed by atoms with E-state index in [-0.39, 0.29) is 0 Å². The van der Waals surface area contributed by atoms with E-state index in [1.807, 2.05) is 13.1 Å². The monoisotopic (exact) mass is 248 g/mol. The van der Waals surface area contributed by atoms with E-state index in [4.69, 9.17) is 9.84 Å². The summed E-state index contributed by atoms with van der Waals surface area (Å²) in [5, 5.41) is 8.67. The van der Waals surface area contributed by atoms with Gasteiger partial charge in [0, 0.05) is 31.5 Å². The van der Waals surface area contributed by atoms with E-state index in [2.05, 4.69) is 9.88 Å². The molecule has 0 aliphatic carbocycles. The van der Waals surface area contributed by atoms with E-state index in [0.29, 0.717) is 12.6 Å². The zero-order chi connectivity index (χ0) is 13.0. The number of likely N-dealkylation sites (N-methyl/N-ethyl adjacent to an activating group) is 1. The molecule has 2 heterocycles. The van der Waals surface area contributed by atoms with E-state index in [1.54, 1.807) is 18.3 Å². The highest BCUT2D eigenvalue weighted by Gasteiger charge is 2.22. The standard InChI is InChI=1S/C13H16N2O3/c1-15(11-6-8-18-9-11)13-10(3-2-7-14-13)4-5-12(16)17/h2-5,7,11H,6,8-9H2,1H3,(H,16,17)/b5-4+. The minimum Gasteiger partial charge on any atom is -0.478 e. The Hall–Kier alpha value is -1.88. The molecule has 0 bridgehead atoms. The van der Waals surface area contributed by atoms with Crippen molar-refractivity contribution in [3.8, 4) is 0 Å². The number of carboxylic acids is 1. The first-order valence-corrected chi connectivity index (χ1v) is 5.85. The molecule has 1 aromatic rings. The number of ether oxygens (including phenoxy) is 1. The van der Waals surface area contributed by atoms with Gasteiger partial charge in [0.2, 0.25) is 0 Å². The summed E-state index contributed by atoms with van der Waals surface area (Å²) >= 11 is 0. The molecule has 0 aromatic carbocycles. The van der Waals surface area contributed by atoms with Crippen molar-refractivity contribution in [2.75, 3.05) is 25.2 Å². The lowest BCUT2D eigenvalue weighted by molar-refractivity contribution is -0.131. The fourth-order valence-corrected chi connectivity index (χ4v) is 2.00. The van der Waals surface area contributed by atoms with Crippen LogP contribution in [0.25, 0.3) is 6.08 Å². The van der Waals surface area contributed by atoms with Gasteiger partial charge < -0.3 is 14.7 Å². The lowest BCUT2D eigenvalue weighted by atomic mass is 10.2. The summed E-state index contributed by atoms with van der Waals surface area (Å²) in [4.78, 5) is 16.9. The van der Waals surface area contributed by atoms with Crippen LogP contribution in [0.3, 0.4) is 0 Å². The number of carboxylic acid groups (broad SMARTS) is 1. The second-order valence-electron chi connectivity index (χ2n) is 4.22. The molecule has 1 atom stereocenters. The molecular weight excluding hydrogens is 232 g/mol. The van der Waals surface area contributed by atoms with Gasteiger partial charge in [-0.3, -0.25) is 0 Å². The molecule has 0 saturated carbocycles. The zero-order valence-electron chi connectivity index (χ0n) is 10.2. The average Bonchev–Trinajstić information content (AvgIpc) is 2.89. The van der Waals surface area contributed by atoms with Crippen molar-refractivity contribution in [2.24, 2.45) is 0 Å². The molecule has 1 fully saturated rings. The quantitative estimate of drug-likeness (QED) is 0.816. The van der Waals surface area contributed by atoms with Gasteiger partial charge in [0.25, 0.3) is 0 Å². The fourth-order valence-electron chi connectivity index (χ4n) is 2.00. The summed E-state index contributed by atoms with van der Waals surface area (Å²) < 4.78 is 5.36. The summed E-state index contributed by atoms with van der Waals surface area (Å²) in [6.07, 6.45) is 5.37. The van der Waals surface area contributed by atoms with Crippen molar-refractivity contribution >= 4 is 17.9 Å². The van der Waals surface area contributed by atoms with E-state index in [1.165, 1.54) is 0 Å². The van der Waals surface area contributed by atoms with Gasteiger partial charge in [-0.15, -0.1) is 0 Å². The van der Waals surface area contributed by atoms with E-state index >= 15 is 0 Å². The normalized spacial score (nSPS) is 19.3. The van der Waals surface area contributed by atoms with Crippen LogP contribution < -0.4 is 4.90 Å². The number of aromatic nitrogens is 1. The third kappa shape index (κ3) is 2.87. The first kappa shape index (κ1) is 12.6. The van der Waals surface area contributed by atoms with E-state index < -0.39 is 5.97 Å². The van der Waals surface area contributed by atoms with Crippen LogP contribution in [0.2, 0.25) is 0 Å². The van der Waals surface area contributed by atoms with E-state index in [0.717, 1.165) is 30.5 Å². The maximum absolute atomic E-state index is 10.6. The molecule has 96 valence electrons. The number of aliphatic carboxylic acids is 1. The Morgan fingerprint density at radius 3 is 3.17 bits per heavy atom. The summed E-state index contributed by atoms with van der Waals surface area (Å²) in [5.41, 5.74) is 0.800. The molecular formula is C13H16N2O3. The maximum Gasteiger partial charge on any atom is 0.328 e. The molecule has 1 aliphatic rings. The minimum atomic E-state index is -0.961. The minimum absolute atomic E-state index is 0.303. The van der Waals surface area contributed by atoms with Gasteiger partial charge in [0.05, 0.1) is 12.6 Å². The maximum atomic E-state index is 10.6. The van der Waals surface area contributed by atoms with Crippen LogP contribution in [0, 0.1) is 0 Å². The topological polar surface area (TPSA) is 62.7 Å². The van der Waals surface area contributed by atoms with Crippen molar-refractivity contribution in [3.05, 3.63) is 30.0 Å². The van der Waals surface area contributed by atoms with Gasteiger partial charge in [-0.1, -0.05) is 0 Å². The molecule has 0 amide bonds. The summed E-state index contributed by atoms with van der Waals surface area (Å²) in [6, 6.07) is 3.95. The van der Waals surface area contributed by atoms with Crippen molar-refractivity contribution < 1.29 is 14.6 Å². The fraction of sp³-hybridized carbons (Fsp3) is 0.385. The van der Waals surface area contributed by atoms with Gasteiger partial charge >= 0.3 is 5.97 Å². The van der Waals surface area contributed by atoms with Crippen LogP contribution in [0.4, 0.5) is 5.82 Å². The molecule has 5 nitrogen and oxygen atoms in total. The Labute approximate surface area is 106 Å². The lowest BCUT2D eigenvalue weighted by Crippen LogP contribution is -2.32. The molecule has 1 aliphatic heterocycles. The Kier molecular flexibility index (Phi) is 3.94. The third-order valence-electron chi connectivity index (χ3n) is 3.01. The molecule has 1 N–H and O–H groups in total. The molecule has 18 heavy (non-hydrogen) atoms. The third-order valence-corrected chi connectivity index (χ3v) is 3.01. The molecule has 1 unspecified atom stereocenters. The molecule has 2 rings (SSSR count). The number of rotatable bonds is 4. The highest BCUT2D eigenvalue weighted by molar-refractivity contribution is 5.86. The summed E-state index contributed by atoms with van der Waals surface area (Å²) in [5.74, 6) is -0.179. The molecule has 0 spiro atoms. The smallest absolute Gasteiger partial charge is 0.328 e. The van der Waals surface area contributed by atoms with Crippen molar-refractivity contribution in [1.82, 2.24) is 4.98 Å². The van der Waals surface area contributed by atoms with E-state index in [9.17, 15) is 4.79 Å². The second kappa shape index (κ2) is 5.64. The van der Waals surface area contributed by atoms with Crippen molar-refractivity contribution in [1.29, 1.82) is 0 Å². The van der Waals surface area contributed by atoms with Gasteiger partial charge in [0.1, 0.15) is 5.82 Å². The highest BCUT2D eigenvalue weighted by atomic mass is 16.5. The predicted octanol–water partition coefficient (Wildman–Crippen LogP) is 1.40. The van der Waals surface area contributed by atoms with Gasteiger partial charge in [-0.2, -0.15) is 0 Å². The number of hydrogen-bond acceptors (Lipinski definition) is 4. The molecule has 1 aromatic heterocycles. The molecule has 1 saturated heterocycles. The predicted molar refractivity (Wildman–Crippen MR) is 68.5 cm³/mol. The van der Waals surface area contributed by atoms with Crippen LogP contribution in [-0.4, -0.2) is 42.4 Å². The van der Waals surface area contributed by atoms with Gasteiger partial charge in [0.15, 0.2) is 0 Å². The average molecular weight is 248 g/mol. The van der Waals surface area contributed by atoms with Gasteiger partial charge in [-0.25, -0.2) is 9.78 Å². The first-order chi connectivity index (χ1) is 8.68. The number of carbonyl (C=O) groups is 1. The Balaban J connectivity index is 2.23. The number of hydrogen-bond donors (Lipinski definition) is 1. The van der Waals surface area contributed by atoms with Crippen LogP contribution in [0.5, 0.6) is 0 Å². The largest absolute Gasteiger partial charge is 0.478 e. The highest BCUT2D eigenvalue weighted by Crippen LogP contribution is 2.22. The number of anilines is 1. The Morgan fingerprint density at radius 2 is 2.50 bits per heavy atom. The zero-order valence-corrected chi connectivity index (χ0v) is 10.2. The van der Waals surface area contributed by atoms with Crippen LogP contribution in [-0.2, 0) is 9.53 Å². The van der Waals surface area contributed by atoms with Crippen LogP contribution in [0.1, 0.15) is 12.0 Å². The molecule has 5 heteroatoms.